The first-order valence-corrected chi connectivity index (χ1v) is 14.4. The molecule has 0 bridgehead atoms. The lowest BCUT2D eigenvalue weighted by Crippen LogP contribution is -2.31. The van der Waals surface area contributed by atoms with Crippen molar-refractivity contribution in [1.82, 2.24) is 14.5 Å². The van der Waals surface area contributed by atoms with E-state index in [1.54, 1.807) is 43.3 Å². The smallest absolute Gasteiger partial charge is 0.261 e. The fourth-order valence-corrected chi connectivity index (χ4v) is 6.23. The van der Waals surface area contributed by atoms with Crippen molar-refractivity contribution in [3.8, 4) is 5.75 Å². The van der Waals surface area contributed by atoms with E-state index >= 15 is 0 Å². The number of nitrogens with zero attached hydrogens (tertiary/aromatic N) is 2. The summed E-state index contributed by atoms with van der Waals surface area (Å²) in [7, 11) is -1.57. The fraction of sp³-hybridized carbons (Fsp3) is 0.481. The van der Waals surface area contributed by atoms with E-state index in [0.29, 0.717) is 42.6 Å². The number of benzene rings is 2. The molecule has 2 heterocycles. The molecular weight excluding hydrogens is 497 g/mol. The number of carbonyl (C=O) groups is 2. The van der Waals surface area contributed by atoms with Crippen LogP contribution in [0.4, 0.5) is 4.39 Å². The Morgan fingerprint density at radius 2 is 1.78 bits per heavy atom. The number of hydrogen-bond acceptors (Lipinski definition) is 6. The summed E-state index contributed by atoms with van der Waals surface area (Å²) < 4.78 is 47.9. The van der Waals surface area contributed by atoms with Gasteiger partial charge in [0.25, 0.3) is 11.8 Å². The number of likely N-dealkylation sites (tertiary alicyclic amines) is 1. The minimum Gasteiger partial charge on any atom is -0.489 e. The third-order valence-corrected chi connectivity index (χ3v) is 8.63. The Labute approximate surface area is 217 Å². The lowest BCUT2D eigenvalue weighted by molar-refractivity contribution is 0.0651. The van der Waals surface area contributed by atoms with Crippen molar-refractivity contribution in [2.75, 3.05) is 32.5 Å². The normalized spacial score (nSPS) is 18.9. The summed E-state index contributed by atoms with van der Waals surface area (Å²) in [6.07, 6.45) is 3.55. The number of fused-ring (bicyclic) bond motifs is 1. The molecule has 0 aromatic heterocycles. The molecule has 1 N–H and O–H groups in total. The van der Waals surface area contributed by atoms with Crippen LogP contribution < -0.4 is 9.46 Å². The zero-order chi connectivity index (χ0) is 26.6. The van der Waals surface area contributed by atoms with E-state index in [4.69, 9.17) is 4.74 Å². The number of hydrogen-bond donors (Lipinski definition) is 1. The second-order valence-electron chi connectivity index (χ2n) is 9.80. The first-order chi connectivity index (χ1) is 17.7. The fourth-order valence-electron chi connectivity index (χ4n) is 4.85. The molecule has 2 aromatic rings. The summed E-state index contributed by atoms with van der Waals surface area (Å²) in [5.41, 5.74) is 1.44. The molecule has 0 saturated carbocycles. The molecular formula is C27H34FN3O5S. The monoisotopic (exact) mass is 531 g/mol. The van der Waals surface area contributed by atoms with Gasteiger partial charge in [0, 0.05) is 18.6 Å². The molecule has 0 spiro atoms. The van der Waals surface area contributed by atoms with Crippen LogP contribution in [-0.2, 0) is 10.0 Å². The van der Waals surface area contributed by atoms with Crippen molar-refractivity contribution in [2.24, 2.45) is 0 Å². The first-order valence-electron chi connectivity index (χ1n) is 12.7. The predicted molar refractivity (Wildman–Crippen MR) is 139 cm³/mol. The number of unbranched alkanes of at least 4 members (excludes halogenated alkanes) is 2. The Morgan fingerprint density at radius 1 is 1.08 bits per heavy atom. The van der Waals surface area contributed by atoms with Crippen molar-refractivity contribution in [2.45, 2.75) is 51.1 Å². The van der Waals surface area contributed by atoms with Gasteiger partial charge < -0.3 is 9.64 Å². The van der Waals surface area contributed by atoms with Crippen LogP contribution in [0.3, 0.4) is 0 Å². The van der Waals surface area contributed by atoms with Crippen molar-refractivity contribution in [1.29, 1.82) is 0 Å². The minimum absolute atomic E-state index is 0.0853. The maximum absolute atomic E-state index is 14.3. The molecule has 4 rings (SSSR count). The van der Waals surface area contributed by atoms with Crippen molar-refractivity contribution < 1.29 is 27.1 Å². The number of rotatable bonds is 12. The number of amides is 2. The molecule has 10 heteroatoms. The number of likely N-dealkylation sites (N-methyl/N-ethyl adjacent to an activating group) is 1. The highest BCUT2D eigenvalue weighted by atomic mass is 32.2. The molecule has 2 aromatic carbocycles. The van der Waals surface area contributed by atoms with Gasteiger partial charge in [-0.3, -0.25) is 14.5 Å². The average Bonchev–Trinajstić information content (AvgIpc) is 3.38. The van der Waals surface area contributed by atoms with Gasteiger partial charge in [-0.05, 0) is 76.0 Å². The Hall–Kier alpha value is -2.82. The van der Waals surface area contributed by atoms with Crippen LogP contribution in [0.5, 0.6) is 5.75 Å². The zero-order valence-electron chi connectivity index (χ0n) is 21.3. The summed E-state index contributed by atoms with van der Waals surface area (Å²) >= 11 is 0. The van der Waals surface area contributed by atoms with Crippen LogP contribution >= 0.6 is 0 Å². The molecule has 2 aliphatic rings. The molecule has 1 unspecified atom stereocenters. The van der Waals surface area contributed by atoms with Gasteiger partial charge in [0.2, 0.25) is 10.0 Å². The SMILES string of the molecule is CC(NS(=O)(=O)CCCCCN1C(=O)c2ccccc2C1=O)c1ccc(F)c(OC[C@@H]2CCCN2C)c1. The maximum Gasteiger partial charge on any atom is 0.261 e. The summed E-state index contributed by atoms with van der Waals surface area (Å²) in [6, 6.07) is 10.8. The van der Waals surface area contributed by atoms with Crippen LogP contribution in [0.15, 0.2) is 42.5 Å². The van der Waals surface area contributed by atoms with Crippen LogP contribution in [-0.4, -0.2) is 68.6 Å². The first kappa shape index (κ1) is 27.2. The highest BCUT2D eigenvalue weighted by Gasteiger charge is 2.34. The summed E-state index contributed by atoms with van der Waals surface area (Å²) in [6.45, 7) is 3.35. The van der Waals surface area contributed by atoms with Gasteiger partial charge in [0.15, 0.2) is 11.6 Å². The summed E-state index contributed by atoms with van der Waals surface area (Å²) in [4.78, 5) is 28.2. The second kappa shape index (κ2) is 11.7. The number of sulfonamides is 1. The topological polar surface area (TPSA) is 96.0 Å². The van der Waals surface area contributed by atoms with Gasteiger partial charge in [-0.15, -0.1) is 0 Å². The average molecular weight is 532 g/mol. The molecule has 2 atom stereocenters. The highest BCUT2D eigenvalue weighted by molar-refractivity contribution is 7.89. The number of nitrogens with one attached hydrogen (secondary N) is 1. The van der Waals surface area contributed by atoms with Crippen molar-refractivity contribution in [3.63, 3.8) is 0 Å². The van der Waals surface area contributed by atoms with Crippen LogP contribution in [0.1, 0.15) is 71.3 Å². The minimum atomic E-state index is -3.59. The molecule has 2 amide bonds. The summed E-state index contributed by atoms with van der Waals surface area (Å²) in [5.74, 6) is -1.05. The number of halogens is 1. The summed E-state index contributed by atoms with van der Waals surface area (Å²) in [5, 5.41) is 0. The molecule has 2 aliphatic heterocycles. The van der Waals surface area contributed by atoms with Gasteiger partial charge in [0.1, 0.15) is 6.61 Å². The number of ether oxygens (including phenoxy) is 1. The maximum atomic E-state index is 14.3. The van der Waals surface area contributed by atoms with Gasteiger partial charge in [-0.1, -0.05) is 24.6 Å². The lowest BCUT2D eigenvalue weighted by Gasteiger charge is -2.21. The predicted octanol–water partition coefficient (Wildman–Crippen LogP) is 3.75. The molecule has 1 fully saturated rings. The van der Waals surface area contributed by atoms with E-state index < -0.39 is 21.9 Å². The second-order valence-corrected chi connectivity index (χ2v) is 11.7. The Balaban J connectivity index is 1.22. The molecule has 0 aliphatic carbocycles. The van der Waals surface area contributed by atoms with E-state index in [1.807, 2.05) is 7.05 Å². The van der Waals surface area contributed by atoms with Gasteiger partial charge in [0.05, 0.1) is 16.9 Å². The van der Waals surface area contributed by atoms with E-state index in [0.717, 1.165) is 19.4 Å². The van der Waals surface area contributed by atoms with Gasteiger partial charge in [-0.2, -0.15) is 0 Å². The molecule has 1 saturated heterocycles. The Morgan fingerprint density at radius 3 is 2.43 bits per heavy atom. The highest BCUT2D eigenvalue weighted by Crippen LogP contribution is 2.26. The standard InChI is InChI=1S/C27H34FN3O5S/c1-19(20-12-13-24(28)25(17-20)36-18-21-9-8-14-30(21)2)29-37(34,35)16-7-3-6-15-31-26(32)22-10-4-5-11-23(22)27(31)33/h4-5,10-13,17,19,21,29H,3,6-9,14-16,18H2,1-2H3/t19?,21-/m0/s1. The van der Waals surface area contributed by atoms with Gasteiger partial charge >= 0.3 is 0 Å². The Bertz CT molecular complexity index is 1220. The van der Waals surface area contributed by atoms with E-state index in [-0.39, 0.29) is 35.9 Å². The quantitative estimate of drug-likeness (QED) is 0.331. The largest absolute Gasteiger partial charge is 0.489 e. The van der Waals surface area contributed by atoms with E-state index in [1.165, 1.54) is 11.0 Å². The van der Waals surface area contributed by atoms with Crippen LogP contribution in [0, 0.1) is 5.82 Å². The van der Waals surface area contributed by atoms with Crippen molar-refractivity contribution in [3.05, 3.63) is 65.0 Å². The molecule has 0 radical (unpaired) electrons. The molecule has 200 valence electrons. The molecule has 8 nitrogen and oxygen atoms in total. The van der Waals surface area contributed by atoms with E-state index in [9.17, 15) is 22.4 Å². The van der Waals surface area contributed by atoms with Crippen molar-refractivity contribution >= 4 is 21.8 Å². The zero-order valence-corrected chi connectivity index (χ0v) is 22.1. The third kappa shape index (κ3) is 6.55. The Kier molecular flexibility index (Phi) is 8.61. The van der Waals surface area contributed by atoms with Gasteiger partial charge in [-0.25, -0.2) is 17.5 Å². The number of imide groups is 1. The lowest BCUT2D eigenvalue weighted by atomic mass is 10.1. The van der Waals surface area contributed by atoms with Crippen LogP contribution in [0.25, 0.3) is 0 Å². The van der Waals surface area contributed by atoms with Crippen LogP contribution in [0.2, 0.25) is 0 Å². The number of carbonyl (C=O) groups excluding carboxylic acids is 2. The third-order valence-electron chi connectivity index (χ3n) is 7.09. The molecule has 37 heavy (non-hydrogen) atoms. The van der Waals surface area contributed by atoms with E-state index in [2.05, 4.69) is 9.62 Å².